The maximum atomic E-state index is 12.1. The minimum Gasteiger partial charge on any atom is -0.351 e. The first-order valence-electron chi connectivity index (χ1n) is 7.22. The highest BCUT2D eigenvalue weighted by Gasteiger charge is 2.21. The van der Waals surface area contributed by atoms with E-state index in [0.29, 0.717) is 11.7 Å². The van der Waals surface area contributed by atoms with E-state index in [4.69, 9.17) is 4.52 Å². The summed E-state index contributed by atoms with van der Waals surface area (Å²) in [6.45, 7) is 6.11. The van der Waals surface area contributed by atoms with Gasteiger partial charge < -0.3 is 15.2 Å². The van der Waals surface area contributed by atoms with Gasteiger partial charge in [-0.15, -0.1) is 0 Å². The number of piperidine rings is 1. The van der Waals surface area contributed by atoms with Crippen molar-refractivity contribution in [3.63, 3.8) is 0 Å². The highest BCUT2D eigenvalue weighted by Crippen LogP contribution is 2.22. The molecule has 0 radical (unpaired) electrons. The van der Waals surface area contributed by atoms with Gasteiger partial charge in [0.05, 0.1) is 5.69 Å². The van der Waals surface area contributed by atoms with Gasteiger partial charge in [-0.05, 0) is 32.2 Å². The predicted molar refractivity (Wildman–Crippen MR) is 73.2 cm³/mol. The van der Waals surface area contributed by atoms with Crippen LogP contribution >= 0.6 is 0 Å². The van der Waals surface area contributed by atoms with Crippen LogP contribution in [0.5, 0.6) is 0 Å². The Hall–Kier alpha value is -1.36. The van der Waals surface area contributed by atoms with Crippen molar-refractivity contribution in [1.29, 1.82) is 0 Å². The number of hydrogen-bond donors (Lipinski definition) is 2. The summed E-state index contributed by atoms with van der Waals surface area (Å²) >= 11 is 0. The Kier molecular flexibility index (Phi) is 4.96. The quantitative estimate of drug-likeness (QED) is 0.855. The molecule has 0 aromatic carbocycles. The second-order valence-electron chi connectivity index (χ2n) is 5.15. The molecule has 1 fully saturated rings. The Balaban J connectivity index is 1.95. The first kappa shape index (κ1) is 14.1. The van der Waals surface area contributed by atoms with Crippen LogP contribution in [0.15, 0.2) is 10.6 Å². The predicted octanol–water partition coefficient (Wildman–Crippen LogP) is 2.06. The zero-order chi connectivity index (χ0) is 13.7. The van der Waals surface area contributed by atoms with Crippen LogP contribution in [0.2, 0.25) is 0 Å². The van der Waals surface area contributed by atoms with Gasteiger partial charge in [-0.1, -0.05) is 19.0 Å². The van der Waals surface area contributed by atoms with E-state index in [0.717, 1.165) is 44.5 Å². The van der Waals surface area contributed by atoms with Crippen molar-refractivity contribution in [3.05, 3.63) is 17.5 Å². The normalized spacial score (nSPS) is 19.6. The minimum absolute atomic E-state index is 0.154. The number of amides is 1. The summed E-state index contributed by atoms with van der Waals surface area (Å²) in [7, 11) is 0. The number of nitrogens with one attached hydrogen (secondary N) is 2. The van der Waals surface area contributed by atoms with Gasteiger partial charge in [-0.25, -0.2) is 0 Å². The van der Waals surface area contributed by atoms with Crippen molar-refractivity contribution in [2.45, 2.75) is 51.5 Å². The second-order valence-corrected chi connectivity index (χ2v) is 5.15. The first-order chi connectivity index (χ1) is 9.24. The molecule has 0 saturated carbocycles. The van der Waals surface area contributed by atoms with Crippen LogP contribution in [0.4, 0.5) is 0 Å². The summed E-state index contributed by atoms with van der Waals surface area (Å²) in [5.74, 6) is 0.549. The number of carbonyl (C=O) groups excluding carboxylic acids is 1. The minimum atomic E-state index is -0.154. The summed E-state index contributed by atoms with van der Waals surface area (Å²) in [6.07, 6.45) is 4.14. The molecule has 2 rings (SSSR count). The topological polar surface area (TPSA) is 67.2 Å². The van der Waals surface area contributed by atoms with E-state index in [1.54, 1.807) is 6.07 Å². The Morgan fingerprint density at radius 1 is 1.58 bits per heavy atom. The number of carbonyl (C=O) groups is 1. The molecule has 1 saturated heterocycles. The largest absolute Gasteiger partial charge is 0.351 e. The summed E-state index contributed by atoms with van der Waals surface area (Å²) < 4.78 is 5.17. The Labute approximate surface area is 114 Å². The molecule has 1 atom stereocenters. The lowest BCUT2D eigenvalue weighted by molar-refractivity contribution is 0.0893. The molecule has 1 aliphatic rings. The third kappa shape index (κ3) is 3.56. The van der Waals surface area contributed by atoms with Crippen molar-refractivity contribution >= 4 is 5.91 Å². The molecule has 5 nitrogen and oxygen atoms in total. The monoisotopic (exact) mass is 265 g/mol. The average molecular weight is 265 g/mol. The molecular weight excluding hydrogens is 242 g/mol. The molecule has 1 unspecified atom stereocenters. The molecule has 0 bridgehead atoms. The fourth-order valence-electron chi connectivity index (χ4n) is 2.53. The molecule has 5 heteroatoms. The fraction of sp³-hybridized carbons (Fsp3) is 0.714. The van der Waals surface area contributed by atoms with Crippen LogP contribution in [0.25, 0.3) is 0 Å². The van der Waals surface area contributed by atoms with Crippen LogP contribution in [0.1, 0.15) is 61.7 Å². The zero-order valence-corrected chi connectivity index (χ0v) is 11.7. The van der Waals surface area contributed by atoms with E-state index in [1.165, 1.54) is 0 Å². The highest BCUT2D eigenvalue weighted by molar-refractivity contribution is 5.91. The van der Waals surface area contributed by atoms with E-state index in [9.17, 15) is 4.79 Å². The van der Waals surface area contributed by atoms with Gasteiger partial charge in [0.2, 0.25) is 5.76 Å². The van der Waals surface area contributed by atoms with Crippen LogP contribution in [0, 0.1) is 0 Å². The van der Waals surface area contributed by atoms with Gasteiger partial charge in [-0.3, -0.25) is 4.79 Å². The van der Waals surface area contributed by atoms with E-state index < -0.39 is 0 Å². The number of hydrogen-bond acceptors (Lipinski definition) is 4. The SMILES string of the molecule is CCC(CC)c1cc(C(=O)NC2CCCNC2)on1. The van der Waals surface area contributed by atoms with E-state index in [2.05, 4.69) is 29.6 Å². The first-order valence-corrected chi connectivity index (χ1v) is 7.22. The van der Waals surface area contributed by atoms with Gasteiger partial charge in [0.25, 0.3) is 5.91 Å². The van der Waals surface area contributed by atoms with E-state index in [-0.39, 0.29) is 11.9 Å². The Morgan fingerprint density at radius 3 is 3.00 bits per heavy atom. The lowest BCUT2D eigenvalue weighted by atomic mass is 9.99. The Morgan fingerprint density at radius 2 is 2.37 bits per heavy atom. The summed E-state index contributed by atoms with van der Waals surface area (Å²) in [5.41, 5.74) is 0.886. The molecule has 2 heterocycles. The molecule has 1 aliphatic heterocycles. The van der Waals surface area contributed by atoms with Crippen molar-refractivity contribution < 1.29 is 9.32 Å². The van der Waals surface area contributed by atoms with Crippen LogP contribution in [-0.4, -0.2) is 30.2 Å². The third-order valence-electron chi connectivity index (χ3n) is 3.79. The van der Waals surface area contributed by atoms with E-state index in [1.807, 2.05) is 0 Å². The van der Waals surface area contributed by atoms with Crippen molar-refractivity contribution in [2.24, 2.45) is 0 Å². The molecule has 19 heavy (non-hydrogen) atoms. The lowest BCUT2D eigenvalue weighted by Gasteiger charge is -2.23. The lowest BCUT2D eigenvalue weighted by Crippen LogP contribution is -2.45. The van der Waals surface area contributed by atoms with Gasteiger partial charge >= 0.3 is 0 Å². The fourth-order valence-corrected chi connectivity index (χ4v) is 2.53. The molecule has 1 aromatic rings. The van der Waals surface area contributed by atoms with Crippen LogP contribution in [0.3, 0.4) is 0 Å². The van der Waals surface area contributed by atoms with Crippen LogP contribution < -0.4 is 10.6 Å². The number of nitrogens with zero attached hydrogens (tertiary/aromatic N) is 1. The van der Waals surface area contributed by atoms with Gasteiger partial charge in [0.15, 0.2) is 0 Å². The standard InChI is InChI=1S/C14H23N3O2/c1-3-10(4-2)12-8-13(19-17-12)14(18)16-11-6-5-7-15-9-11/h8,10-11,15H,3-7,9H2,1-2H3,(H,16,18). The van der Waals surface area contributed by atoms with Gasteiger partial charge in [0.1, 0.15) is 0 Å². The highest BCUT2D eigenvalue weighted by atomic mass is 16.5. The molecule has 1 aromatic heterocycles. The van der Waals surface area contributed by atoms with E-state index >= 15 is 0 Å². The maximum Gasteiger partial charge on any atom is 0.290 e. The van der Waals surface area contributed by atoms with Crippen LogP contribution in [-0.2, 0) is 0 Å². The third-order valence-corrected chi connectivity index (χ3v) is 3.79. The molecular formula is C14H23N3O2. The molecule has 0 spiro atoms. The molecule has 1 amide bonds. The molecule has 2 N–H and O–H groups in total. The van der Waals surface area contributed by atoms with Gasteiger partial charge in [-0.2, -0.15) is 0 Å². The van der Waals surface area contributed by atoms with Crippen molar-refractivity contribution in [3.8, 4) is 0 Å². The zero-order valence-electron chi connectivity index (χ0n) is 11.7. The second kappa shape index (κ2) is 6.70. The summed E-state index contributed by atoms with van der Waals surface area (Å²) in [4.78, 5) is 12.1. The molecule has 106 valence electrons. The average Bonchev–Trinajstić information content (AvgIpc) is 2.91. The van der Waals surface area contributed by atoms with Crippen molar-refractivity contribution in [2.75, 3.05) is 13.1 Å². The van der Waals surface area contributed by atoms with Crippen molar-refractivity contribution in [1.82, 2.24) is 15.8 Å². The number of rotatable bonds is 5. The smallest absolute Gasteiger partial charge is 0.290 e. The molecule has 0 aliphatic carbocycles. The summed E-state index contributed by atoms with van der Waals surface area (Å²) in [6, 6.07) is 1.98. The Bertz CT molecular complexity index is 407. The number of aromatic nitrogens is 1. The summed E-state index contributed by atoms with van der Waals surface area (Å²) in [5, 5.41) is 10.3. The van der Waals surface area contributed by atoms with Gasteiger partial charge in [0, 0.05) is 24.6 Å². The maximum absolute atomic E-state index is 12.1.